The molecule has 6 rings (SSSR count). The molecule has 0 unspecified atom stereocenters. The molecule has 0 fully saturated rings. The molecule has 0 amide bonds. The maximum absolute atomic E-state index is 4.86. The van der Waals surface area contributed by atoms with Gasteiger partial charge in [-0.3, -0.25) is 0 Å². The molecule has 0 aliphatic heterocycles. The Morgan fingerprint density at radius 3 is 1.37 bits per heavy atom. The Kier molecular flexibility index (Phi) is 11.7. The predicted octanol–water partition coefficient (Wildman–Crippen LogP) is 9.76. The van der Waals surface area contributed by atoms with Crippen molar-refractivity contribution in [2.45, 2.75) is 27.3 Å². The van der Waals surface area contributed by atoms with E-state index in [9.17, 15) is 0 Å². The van der Waals surface area contributed by atoms with Crippen molar-refractivity contribution in [1.82, 2.24) is 0 Å². The summed E-state index contributed by atoms with van der Waals surface area (Å²) in [5, 5.41) is 5.37. The summed E-state index contributed by atoms with van der Waals surface area (Å²) in [5.74, 6) is 0. The van der Waals surface area contributed by atoms with Crippen molar-refractivity contribution in [2.75, 3.05) is 6.61 Å². The molecule has 188 valence electrons. The Hall–Kier alpha value is -2.84. The second-order valence-electron chi connectivity index (χ2n) is 9.05. The maximum atomic E-state index is 4.86. The Labute approximate surface area is 249 Å². The van der Waals surface area contributed by atoms with Gasteiger partial charge in [-0.25, -0.2) is 0 Å². The molecule has 0 aromatic heterocycles. The monoisotopic (exact) mass is 588 g/mol. The van der Waals surface area contributed by atoms with Crippen LogP contribution in [0.3, 0.4) is 0 Å². The molecule has 0 aliphatic rings. The number of fused-ring (bicyclic) bond motifs is 2. The quantitative estimate of drug-likeness (QED) is 0.147. The van der Waals surface area contributed by atoms with Crippen molar-refractivity contribution in [3.63, 3.8) is 0 Å². The van der Waals surface area contributed by atoms with Gasteiger partial charge in [-0.15, -0.1) is 69.1 Å². The zero-order chi connectivity index (χ0) is 26.0. The first-order chi connectivity index (χ1) is 18.1. The van der Waals surface area contributed by atoms with Gasteiger partial charge in [-0.2, -0.15) is 12.1 Å². The van der Waals surface area contributed by atoms with Gasteiger partial charge in [0, 0.05) is 6.61 Å². The molecule has 0 N–H and O–H groups in total. The van der Waals surface area contributed by atoms with E-state index in [1.807, 2.05) is 13.5 Å². The Morgan fingerprint density at radius 1 is 0.605 bits per heavy atom. The van der Waals surface area contributed by atoms with Gasteiger partial charge in [0.25, 0.3) is 0 Å². The Morgan fingerprint density at radius 2 is 1.03 bits per heavy atom. The third-order valence-electron chi connectivity index (χ3n) is 6.25. The first-order valence-electron chi connectivity index (χ1n) is 12.8. The number of aryl methyl sites for hydroxylation is 2. The van der Waals surface area contributed by atoms with Crippen LogP contribution in [0.5, 0.6) is 0 Å². The molecule has 1 nitrogen and oxygen atoms in total. The van der Waals surface area contributed by atoms with Gasteiger partial charge in [-0.05, 0) is 24.6 Å². The molecule has 0 atom stereocenters. The van der Waals surface area contributed by atoms with E-state index in [4.69, 9.17) is 4.43 Å². The fraction of sp³-hybridized carbons (Fsp3) is 0.143. The van der Waals surface area contributed by atoms with E-state index in [-0.39, 0.29) is 26.2 Å². The molecule has 0 bridgehead atoms. The molecule has 6 aromatic carbocycles. The minimum absolute atomic E-state index is 0. The second kappa shape index (κ2) is 14.9. The van der Waals surface area contributed by atoms with E-state index in [1.54, 1.807) is 0 Å². The molecular weight excluding hydrogens is 556 g/mol. The van der Waals surface area contributed by atoms with Crippen LogP contribution in [0, 0.1) is 13.8 Å². The third-order valence-corrected chi connectivity index (χ3v) is 6.83. The zero-order valence-corrected chi connectivity index (χ0v) is 26.1. The smallest absolute Gasteiger partial charge is 0.418 e. The average Bonchev–Trinajstić information content (AvgIpc) is 3.51. The van der Waals surface area contributed by atoms with Crippen LogP contribution in [0.15, 0.2) is 121 Å². The van der Waals surface area contributed by atoms with Crippen molar-refractivity contribution < 1.29 is 30.6 Å². The van der Waals surface area contributed by atoms with Gasteiger partial charge in [-0.1, -0.05) is 97.8 Å². The summed E-state index contributed by atoms with van der Waals surface area (Å²) in [6, 6.07) is 43.1. The van der Waals surface area contributed by atoms with Crippen LogP contribution in [0.4, 0.5) is 0 Å². The molecule has 3 heteroatoms. The molecule has 0 saturated heterocycles. The molecular formula is C35H34OSiZr. The summed E-state index contributed by atoms with van der Waals surface area (Å²) in [7, 11) is 0.658. The van der Waals surface area contributed by atoms with Crippen LogP contribution in [0.25, 0.3) is 43.8 Å². The summed E-state index contributed by atoms with van der Waals surface area (Å²) in [4.78, 5) is 0. The summed E-state index contributed by atoms with van der Waals surface area (Å²) in [6.07, 6.45) is 0. The zero-order valence-electron chi connectivity index (χ0n) is 22.7. The van der Waals surface area contributed by atoms with Gasteiger partial charge in [0.2, 0.25) is 9.76 Å². The average molecular weight is 590 g/mol. The fourth-order valence-electron chi connectivity index (χ4n) is 4.65. The minimum atomic E-state index is 0. The number of hydrogen-bond donors (Lipinski definition) is 0. The number of benzene rings is 4. The molecule has 0 saturated carbocycles. The van der Waals surface area contributed by atoms with E-state index in [1.165, 1.54) is 54.9 Å². The normalized spacial score (nSPS) is 10.2. The van der Waals surface area contributed by atoms with Crippen molar-refractivity contribution in [2.24, 2.45) is 0 Å². The molecule has 0 aliphatic carbocycles. The molecule has 6 aromatic rings. The van der Waals surface area contributed by atoms with Crippen LogP contribution in [-0.4, -0.2) is 16.4 Å². The summed E-state index contributed by atoms with van der Waals surface area (Å²) in [5.41, 5.74) is 7.89. The standard InChI is InChI=1S/2C16H13.C3H8OSi.Zr/c2*1-12-10-14-8-5-9-15(16(14)11-12)13-6-3-2-4-7-13;1-3-4-5-2;/h2*2-11H,1H3;3H2,1-2H3;/q2*-1;;+2. The molecule has 38 heavy (non-hydrogen) atoms. The van der Waals surface area contributed by atoms with Gasteiger partial charge in [0.1, 0.15) is 0 Å². The van der Waals surface area contributed by atoms with Gasteiger partial charge in [0.15, 0.2) is 0 Å². The van der Waals surface area contributed by atoms with Crippen LogP contribution in [-0.2, 0) is 30.6 Å². The summed E-state index contributed by atoms with van der Waals surface area (Å²) >= 11 is 0. The summed E-state index contributed by atoms with van der Waals surface area (Å²) < 4.78 is 4.86. The maximum Gasteiger partial charge on any atom is 2.00 e. The van der Waals surface area contributed by atoms with E-state index in [2.05, 4.69) is 135 Å². The first-order valence-corrected chi connectivity index (χ1v) is 14.2. The second-order valence-corrected chi connectivity index (χ2v) is 9.75. The van der Waals surface area contributed by atoms with Gasteiger partial charge < -0.3 is 4.43 Å². The third kappa shape index (κ3) is 7.60. The molecule has 0 spiro atoms. The van der Waals surface area contributed by atoms with Gasteiger partial charge in [0.05, 0.1) is 0 Å². The van der Waals surface area contributed by atoms with Crippen molar-refractivity contribution in [1.29, 1.82) is 0 Å². The summed E-state index contributed by atoms with van der Waals surface area (Å²) in [6.45, 7) is 9.17. The van der Waals surface area contributed by atoms with Crippen LogP contribution in [0.1, 0.15) is 18.1 Å². The number of hydrogen-bond acceptors (Lipinski definition) is 1. The Balaban J connectivity index is 0.000000176. The largest absolute Gasteiger partial charge is 2.00 e. The van der Waals surface area contributed by atoms with Crippen molar-refractivity contribution >= 4 is 31.3 Å². The first kappa shape index (κ1) is 29.7. The molecule has 2 radical (unpaired) electrons. The fourth-order valence-corrected chi connectivity index (χ4v) is 4.94. The Bertz CT molecular complexity index is 1410. The predicted molar refractivity (Wildman–Crippen MR) is 163 cm³/mol. The van der Waals surface area contributed by atoms with Gasteiger partial charge >= 0.3 is 26.2 Å². The van der Waals surface area contributed by atoms with Crippen LogP contribution >= 0.6 is 0 Å². The van der Waals surface area contributed by atoms with E-state index >= 15 is 0 Å². The van der Waals surface area contributed by atoms with Crippen molar-refractivity contribution in [3.8, 4) is 22.3 Å². The minimum Gasteiger partial charge on any atom is -0.418 e. The number of rotatable bonds is 4. The molecule has 0 heterocycles. The van der Waals surface area contributed by atoms with E-state index < -0.39 is 0 Å². The van der Waals surface area contributed by atoms with E-state index in [0.29, 0.717) is 9.76 Å². The topological polar surface area (TPSA) is 9.23 Å². The van der Waals surface area contributed by atoms with Crippen LogP contribution < -0.4 is 0 Å². The van der Waals surface area contributed by atoms with Crippen molar-refractivity contribution in [3.05, 3.63) is 132 Å². The van der Waals surface area contributed by atoms with Crippen LogP contribution in [0.2, 0.25) is 6.55 Å². The SMILES string of the molecule is CCO[Si]C.Cc1cc2c(-c3ccccc3)cccc2[cH-]1.Cc1cc2c(-c3ccccc3)cccc2[cH-]1.[Zr+2]. The van der Waals surface area contributed by atoms with E-state index in [0.717, 1.165) is 6.61 Å².